The van der Waals surface area contributed by atoms with Crippen molar-refractivity contribution in [1.29, 1.82) is 5.26 Å². The van der Waals surface area contributed by atoms with Gasteiger partial charge in [-0.2, -0.15) is 5.26 Å². The number of benzene rings is 1. The third-order valence-electron chi connectivity index (χ3n) is 2.89. The Morgan fingerprint density at radius 1 is 1.14 bits per heavy atom. The van der Waals surface area contributed by atoms with Crippen molar-refractivity contribution in [3.63, 3.8) is 0 Å². The van der Waals surface area contributed by atoms with Crippen LogP contribution in [0.4, 0.5) is 0 Å². The van der Waals surface area contributed by atoms with E-state index in [-0.39, 0.29) is 6.61 Å². The van der Waals surface area contributed by atoms with Crippen molar-refractivity contribution in [3.8, 4) is 17.6 Å². The third-order valence-corrected chi connectivity index (χ3v) is 2.89. The highest BCUT2D eigenvalue weighted by Gasteiger charge is 2.12. The minimum atomic E-state index is 0.268. The highest BCUT2D eigenvalue weighted by Crippen LogP contribution is 2.19. The van der Waals surface area contributed by atoms with Crippen LogP contribution in [-0.4, -0.2) is 21.6 Å². The predicted octanol–water partition coefficient (Wildman–Crippen LogP) is 2.54. The number of hydrogen-bond acceptors (Lipinski definition) is 5. The van der Waals surface area contributed by atoms with E-state index in [9.17, 15) is 0 Å². The van der Waals surface area contributed by atoms with Crippen molar-refractivity contribution in [2.24, 2.45) is 0 Å². The molecule has 2 rings (SSSR count). The van der Waals surface area contributed by atoms with Crippen molar-refractivity contribution < 1.29 is 9.47 Å². The van der Waals surface area contributed by atoms with Crippen LogP contribution in [0.1, 0.15) is 31.7 Å². The maximum Gasteiger partial charge on any atom is 0.189 e. The molecule has 0 unspecified atom stereocenters. The largest absolute Gasteiger partial charge is 0.494 e. The molecule has 0 fully saturated rings. The molecule has 2 aromatic rings. The van der Waals surface area contributed by atoms with E-state index in [1.807, 2.05) is 44.2 Å². The van der Waals surface area contributed by atoms with E-state index in [0.717, 1.165) is 18.7 Å². The van der Waals surface area contributed by atoms with E-state index in [0.29, 0.717) is 23.7 Å². The second-order valence-corrected chi connectivity index (χ2v) is 4.41. The van der Waals surface area contributed by atoms with Gasteiger partial charge >= 0.3 is 0 Å². The molecule has 0 aliphatic rings. The molecule has 0 bridgehead atoms. The minimum Gasteiger partial charge on any atom is -0.494 e. The standard InChI is InChI=1S/C15H18N4O2/c1-3-9-19-15(14(10-16)17-18-19)11-21-13-7-5-12(6-8-13)20-4-2/h5-8H,3-4,9,11H2,1-2H3. The lowest BCUT2D eigenvalue weighted by molar-refractivity contribution is 0.289. The van der Waals surface area contributed by atoms with Crippen LogP contribution < -0.4 is 9.47 Å². The van der Waals surface area contributed by atoms with E-state index < -0.39 is 0 Å². The summed E-state index contributed by atoms with van der Waals surface area (Å²) in [5.41, 5.74) is 1.02. The Hall–Kier alpha value is -2.55. The molecule has 0 aliphatic heterocycles. The van der Waals surface area contributed by atoms with Gasteiger partial charge in [-0.3, -0.25) is 0 Å². The molecule has 0 saturated carbocycles. The van der Waals surface area contributed by atoms with E-state index in [2.05, 4.69) is 10.3 Å². The third kappa shape index (κ3) is 3.72. The molecule has 0 amide bonds. The number of aryl methyl sites for hydroxylation is 1. The van der Waals surface area contributed by atoms with Crippen molar-refractivity contribution in [2.75, 3.05) is 6.61 Å². The molecular formula is C15H18N4O2. The second-order valence-electron chi connectivity index (χ2n) is 4.41. The van der Waals surface area contributed by atoms with Gasteiger partial charge in [0.1, 0.15) is 29.9 Å². The summed E-state index contributed by atoms with van der Waals surface area (Å²) in [5, 5.41) is 16.9. The van der Waals surface area contributed by atoms with Crippen LogP contribution in [0, 0.1) is 11.3 Å². The first-order chi connectivity index (χ1) is 10.3. The van der Waals surface area contributed by atoms with Gasteiger partial charge in [-0.25, -0.2) is 4.68 Å². The summed E-state index contributed by atoms with van der Waals surface area (Å²) in [4.78, 5) is 0. The Labute approximate surface area is 123 Å². The zero-order chi connectivity index (χ0) is 15.1. The lowest BCUT2D eigenvalue weighted by Crippen LogP contribution is -2.08. The average Bonchev–Trinajstić information content (AvgIpc) is 2.89. The highest BCUT2D eigenvalue weighted by molar-refractivity contribution is 5.32. The van der Waals surface area contributed by atoms with Crippen molar-refractivity contribution in [3.05, 3.63) is 35.7 Å². The maximum atomic E-state index is 9.05. The van der Waals surface area contributed by atoms with Crippen LogP contribution in [0.25, 0.3) is 0 Å². The molecule has 6 nitrogen and oxygen atoms in total. The van der Waals surface area contributed by atoms with Gasteiger partial charge < -0.3 is 9.47 Å². The molecule has 6 heteroatoms. The number of aromatic nitrogens is 3. The van der Waals surface area contributed by atoms with Gasteiger partial charge in [0, 0.05) is 6.54 Å². The average molecular weight is 286 g/mol. The lowest BCUT2D eigenvalue weighted by Gasteiger charge is -2.09. The fraction of sp³-hybridized carbons (Fsp3) is 0.400. The summed E-state index contributed by atoms with van der Waals surface area (Å²) in [6, 6.07) is 9.42. The maximum absolute atomic E-state index is 9.05. The van der Waals surface area contributed by atoms with Gasteiger partial charge in [0.15, 0.2) is 5.69 Å². The number of rotatable bonds is 7. The normalized spacial score (nSPS) is 10.1. The molecule has 0 spiro atoms. The topological polar surface area (TPSA) is 73.0 Å². The van der Waals surface area contributed by atoms with Crippen LogP contribution in [0.5, 0.6) is 11.5 Å². The first-order valence-corrected chi connectivity index (χ1v) is 6.96. The predicted molar refractivity (Wildman–Crippen MR) is 77.0 cm³/mol. The van der Waals surface area contributed by atoms with Gasteiger partial charge in [0.25, 0.3) is 0 Å². The van der Waals surface area contributed by atoms with E-state index in [1.165, 1.54) is 0 Å². The van der Waals surface area contributed by atoms with Gasteiger partial charge in [0.05, 0.1) is 6.61 Å². The Kier molecular flexibility index (Phi) is 5.16. The molecule has 1 aromatic heterocycles. The lowest BCUT2D eigenvalue weighted by atomic mass is 10.3. The van der Waals surface area contributed by atoms with Gasteiger partial charge in [-0.05, 0) is 37.6 Å². The van der Waals surface area contributed by atoms with Crippen molar-refractivity contribution >= 4 is 0 Å². The molecule has 0 aliphatic carbocycles. The molecule has 0 saturated heterocycles. The SMILES string of the molecule is CCCn1nnc(C#N)c1COc1ccc(OCC)cc1. The zero-order valence-electron chi connectivity index (χ0n) is 12.2. The van der Waals surface area contributed by atoms with Crippen LogP contribution in [0.2, 0.25) is 0 Å². The zero-order valence-corrected chi connectivity index (χ0v) is 12.2. The first kappa shape index (κ1) is 14.9. The summed E-state index contributed by atoms with van der Waals surface area (Å²) in [5.74, 6) is 1.52. The number of nitrogens with zero attached hydrogens (tertiary/aromatic N) is 4. The highest BCUT2D eigenvalue weighted by atomic mass is 16.5. The minimum absolute atomic E-state index is 0.268. The smallest absolute Gasteiger partial charge is 0.189 e. The summed E-state index contributed by atoms with van der Waals surface area (Å²) in [6.45, 7) is 5.61. The van der Waals surface area contributed by atoms with E-state index in [4.69, 9.17) is 14.7 Å². The Morgan fingerprint density at radius 2 is 1.81 bits per heavy atom. The Bertz CT molecular complexity index is 614. The summed E-state index contributed by atoms with van der Waals surface area (Å²) in [6.07, 6.45) is 0.921. The van der Waals surface area contributed by atoms with Gasteiger partial charge in [-0.1, -0.05) is 12.1 Å². The van der Waals surface area contributed by atoms with Crippen LogP contribution in [-0.2, 0) is 13.2 Å². The number of ether oxygens (including phenoxy) is 2. The molecule has 1 heterocycles. The van der Waals surface area contributed by atoms with Gasteiger partial charge in [0.2, 0.25) is 0 Å². The Balaban J connectivity index is 2.05. The van der Waals surface area contributed by atoms with E-state index in [1.54, 1.807) is 4.68 Å². The fourth-order valence-corrected chi connectivity index (χ4v) is 1.90. The quantitative estimate of drug-likeness (QED) is 0.782. The second kappa shape index (κ2) is 7.29. The summed E-state index contributed by atoms with van der Waals surface area (Å²) in [7, 11) is 0. The van der Waals surface area contributed by atoms with Crippen LogP contribution in [0.15, 0.2) is 24.3 Å². The Morgan fingerprint density at radius 3 is 2.38 bits per heavy atom. The fourth-order valence-electron chi connectivity index (χ4n) is 1.90. The first-order valence-electron chi connectivity index (χ1n) is 6.96. The van der Waals surface area contributed by atoms with Crippen LogP contribution in [0.3, 0.4) is 0 Å². The summed E-state index contributed by atoms with van der Waals surface area (Å²) < 4.78 is 12.8. The summed E-state index contributed by atoms with van der Waals surface area (Å²) >= 11 is 0. The molecule has 110 valence electrons. The molecule has 0 atom stereocenters. The van der Waals surface area contributed by atoms with Crippen molar-refractivity contribution in [1.82, 2.24) is 15.0 Å². The van der Waals surface area contributed by atoms with Gasteiger partial charge in [-0.15, -0.1) is 5.10 Å². The van der Waals surface area contributed by atoms with Crippen molar-refractivity contribution in [2.45, 2.75) is 33.4 Å². The number of hydrogen-bond donors (Lipinski definition) is 0. The molecule has 0 N–H and O–H groups in total. The van der Waals surface area contributed by atoms with E-state index >= 15 is 0 Å². The molecule has 0 radical (unpaired) electrons. The molecule has 21 heavy (non-hydrogen) atoms. The number of nitriles is 1. The monoisotopic (exact) mass is 286 g/mol. The molecule has 1 aromatic carbocycles. The molecular weight excluding hydrogens is 268 g/mol. The van der Waals surface area contributed by atoms with Crippen LogP contribution >= 0.6 is 0 Å².